The molecule has 8 heteroatoms. The van der Waals surface area contributed by atoms with Gasteiger partial charge in [-0.1, -0.05) is 6.07 Å². The number of nitrogens with one attached hydrogen (secondary N) is 2. The standard InChI is InChI=1S/C25H31N5O3/c1-25(2,3)30-11-10-16(15-30)24(32)26-14-23(31)29-22-9-8-21(28-22)20-7-5-6-19(27-20)17-12-18(13-17)33-4/h5-8,10-11,15,17-18H,9,12-14H2,1-4H3,(H,26,32)(H,28,29,31)/t17-,18-. The van der Waals surface area contributed by atoms with E-state index in [2.05, 4.69) is 36.4 Å². The molecule has 0 radical (unpaired) electrons. The van der Waals surface area contributed by atoms with E-state index in [0.29, 0.717) is 29.8 Å². The second-order valence-electron chi connectivity index (χ2n) is 9.53. The number of carbonyl (C=O) groups excluding carboxylic acids is 2. The molecule has 3 heterocycles. The van der Waals surface area contributed by atoms with Crippen LogP contribution in [0.1, 0.15) is 67.7 Å². The number of aliphatic imine (C=N–C) groups is 1. The number of aromatic nitrogens is 2. The van der Waals surface area contributed by atoms with Crippen LogP contribution in [0.3, 0.4) is 0 Å². The van der Waals surface area contributed by atoms with Gasteiger partial charge in [-0.25, -0.2) is 4.99 Å². The zero-order valence-corrected chi connectivity index (χ0v) is 19.6. The molecule has 0 unspecified atom stereocenters. The molecule has 0 atom stereocenters. The highest BCUT2D eigenvalue weighted by Crippen LogP contribution is 2.38. The van der Waals surface area contributed by atoms with Crippen LogP contribution < -0.4 is 10.6 Å². The molecule has 0 spiro atoms. The first-order valence-corrected chi connectivity index (χ1v) is 11.3. The fourth-order valence-electron chi connectivity index (χ4n) is 3.91. The maximum atomic E-state index is 12.4. The van der Waals surface area contributed by atoms with E-state index < -0.39 is 0 Å². The summed E-state index contributed by atoms with van der Waals surface area (Å²) < 4.78 is 7.33. The van der Waals surface area contributed by atoms with Crippen LogP contribution in [0, 0.1) is 0 Å². The molecule has 1 aliphatic heterocycles. The van der Waals surface area contributed by atoms with E-state index in [0.717, 1.165) is 29.9 Å². The quantitative estimate of drug-likeness (QED) is 0.708. The molecule has 2 amide bonds. The monoisotopic (exact) mass is 449 g/mol. The van der Waals surface area contributed by atoms with Gasteiger partial charge in [-0.05, 0) is 57.9 Å². The van der Waals surface area contributed by atoms with Crippen molar-refractivity contribution in [3.63, 3.8) is 0 Å². The van der Waals surface area contributed by atoms with E-state index in [9.17, 15) is 9.59 Å². The fourth-order valence-corrected chi connectivity index (χ4v) is 3.91. The fraction of sp³-hybridized carbons (Fsp3) is 0.440. The Kier molecular flexibility index (Phi) is 6.47. The van der Waals surface area contributed by atoms with Gasteiger partial charge >= 0.3 is 0 Å². The first-order valence-electron chi connectivity index (χ1n) is 11.3. The van der Waals surface area contributed by atoms with Gasteiger partial charge in [0.1, 0.15) is 5.84 Å². The van der Waals surface area contributed by atoms with Crippen molar-refractivity contribution in [1.29, 1.82) is 0 Å². The van der Waals surface area contributed by atoms with E-state index >= 15 is 0 Å². The third-order valence-corrected chi connectivity index (χ3v) is 6.05. The summed E-state index contributed by atoms with van der Waals surface area (Å²) in [5.74, 6) is 0.379. The summed E-state index contributed by atoms with van der Waals surface area (Å²) in [7, 11) is 1.74. The minimum absolute atomic E-state index is 0.111. The molecule has 2 aromatic heterocycles. The number of amidine groups is 1. The maximum absolute atomic E-state index is 12.4. The third kappa shape index (κ3) is 5.39. The lowest BCUT2D eigenvalue weighted by atomic mass is 9.80. The Bertz CT molecular complexity index is 1100. The Morgan fingerprint density at radius 2 is 2.00 bits per heavy atom. The zero-order chi connectivity index (χ0) is 23.6. The molecule has 1 fully saturated rings. The number of hydrogen-bond donors (Lipinski definition) is 2. The molecule has 0 bridgehead atoms. The highest BCUT2D eigenvalue weighted by atomic mass is 16.5. The Morgan fingerprint density at radius 1 is 1.21 bits per heavy atom. The lowest BCUT2D eigenvalue weighted by Crippen LogP contribution is -2.39. The molecule has 0 saturated heterocycles. The van der Waals surface area contributed by atoms with Crippen molar-refractivity contribution in [3.05, 3.63) is 59.7 Å². The van der Waals surface area contributed by atoms with Crippen LogP contribution in [-0.4, -0.2) is 47.0 Å². The van der Waals surface area contributed by atoms with Crippen LogP contribution in [0.15, 0.2) is 47.7 Å². The zero-order valence-electron chi connectivity index (χ0n) is 19.6. The summed E-state index contributed by atoms with van der Waals surface area (Å²) in [6.07, 6.45) is 8.42. The van der Waals surface area contributed by atoms with Gasteiger partial charge in [0.15, 0.2) is 0 Å². The normalized spacial score (nSPS) is 20.0. The van der Waals surface area contributed by atoms with Gasteiger partial charge in [-0.15, -0.1) is 0 Å². The van der Waals surface area contributed by atoms with Gasteiger partial charge in [0, 0.05) is 43.1 Å². The van der Waals surface area contributed by atoms with Crippen molar-refractivity contribution in [2.45, 2.75) is 57.6 Å². The lowest BCUT2D eigenvalue weighted by molar-refractivity contribution is -0.118. The number of pyridine rings is 1. The molecule has 2 N–H and O–H groups in total. The van der Waals surface area contributed by atoms with E-state index in [1.165, 1.54) is 0 Å². The molecular weight excluding hydrogens is 418 g/mol. The number of methoxy groups -OCH3 is 1. The average molecular weight is 450 g/mol. The highest BCUT2D eigenvalue weighted by Gasteiger charge is 2.31. The van der Waals surface area contributed by atoms with Crippen LogP contribution >= 0.6 is 0 Å². The Balaban J connectivity index is 1.29. The molecule has 1 saturated carbocycles. The van der Waals surface area contributed by atoms with Crippen LogP contribution in [0.25, 0.3) is 5.70 Å². The van der Waals surface area contributed by atoms with E-state index in [1.54, 1.807) is 19.4 Å². The van der Waals surface area contributed by atoms with Crippen molar-refractivity contribution in [2.24, 2.45) is 4.99 Å². The summed E-state index contributed by atoms with van der Waals surface area (Å²) in [5, 5.41) is 5.45. The van der Waals surface area contributed by atoms with Crippen LogP contribution in [-0.2, 0) is 15.1 Å². The number of ether oxygens (including phenoxy) is 1. The van der Waals surface area contributed by atoms with E-state index in [4.69, 9.17) is 9.72 Å². The minimum atomic E-state index is -0.311. The number of nitrogens with zero attached hydrogens (tertiary/aromatic N) is 3. The number of hydrogen-bond acceptors (Lipinski definition) is 5. The maximum Gasteiger partial charge on any atom is 0.253 e. The van der Waals surface area contributed by atoms with Gasteiger partial charge in [-0.2, -0.15) is 0 Å². The largest absolute Gasteiger partial charge is 0.381 e. The molecule has 8 nitrogen and oxygen atoms in total. The van der Waals surface area contributed by atoms with Gasteiger partial charge in [0.2, 0.25) is 5.91 Å². The van der Waals surface area contributed by atoms with E-state index in [-0.39, 0.29) is 23.9 Å². The molecular formula is C25H31N5O3. The second kappa shape index (κ2) is 9.31. The Labute approximate surface area is 194 Å². The van der Waals surface area contributed by atoms with Crippen molar-refractivity contribution in [1.82, 2.24) is 20.2 Å². The van der Waals surface area contributed by atoms with Gasteiger partial charge in [-0.3, -0.25) is 14.6 Å². The molecule has 2 aliphatic rings. The molecule has 174 valence electrons. The van der Waals surface area contributed by atoms with Gasteiger partial charge in [0.05, 0.1) is 29.6 Å². The smallest absolute Gasteiger partial charge is 0.253 e. The van der Waals surface area contributed by atoms with Gasteiger partial charge < -0.3 is 19.9 Å². The topological polar surface area (TPSA) is 97.6 Å². The predicted octanol–water partition coefficient (Wildman–Crippen LogP) is 3.22. The van der Waals surface area contributed by atoms with Crippen molar-refractivity contribution in [2.75, 3.05) is 13.7 Å². The van der Waals surface area contributed by atoms with Crippen molar-refractivity contribution >= 4 is 23.3 Å². The Morgan fingerprint density at radius 3 is 2.70 bits per heavy atom. The number of carbonyl (C=O) groups is 2. The van der Waals surface area contributed by atoms with Crippen LogP contribution in [0.2, 0.25) is 0 Å². The van der Waals surface area contributed by atoms with Crippen molar-refractivity contribution < 1.29 is 14.3 Å². The first-order chi connectivity index (χ1) is 15.7. The lowest BCUT2D eigenvalue weighted by Gasteiger charge is -2.33. The SMILES string of the molecule is CO[C@H]1C[C@H](c2cccc(C3=CCC(NC(=O)CNC(=O)c4ccn(C(C)(C)C)c4)=N3)n2)C1. The third-order valence-electron chi connectivity index (χ3n) is 6.05. The van der Waals surface area contributed by atoms with Crippen LogP contribution in [0.5, 0.6) is 0 Å². The Hall–Kier alpha value is -3.26. The molecule has 0 aromatic carbocycles. The van der Waals surface area contributed by atoms with E-state index in [1.807, 2.05) is 35.0 Å². The molecule has 2 aromatic rings. The molecule has 1 aliphatic carbocycles. The van der Waals surface area contributed by atoms with Gasteiger partial charge in [0.25, 0.3) is 5.91 Å². The molecule has 4 rings (SSSR count). The number of rotatable bonds is 6. The highest BCUT2D eigenvalue weighted by molar-refractivity contribution is 6.05. The summed E-state index contributed by atoms with van der Waals surface area (Å²) in [6.45, 7) is 6.05. The minimum Gasteiger partial charge on any atom is -0.381 e. The summed E-state index contributed by atoms with van der Waals surface area (Å²) in [5.41, 5.74) is 3.02. The summed E-state index contributed by atoms with van der Waals surface area (Å²) in [4.78, 5) is 34.0. The predicted molar refractivity (Wildman–Crippen MR) is 127 cm³/mol. The number of amides is 2. The van der Waals surface area contributed by atoms with Crippen LogP contribution in [0.4, 0.5) is 0 Å². The summed E-state index contributed by atoms with van der Waals surface area (Å²) >= 11 is 0. The summed E-state index contributed by atoms with van der Waals surface area (Å²) in [6, 6.07) is 7.71. The second-order valence-corrected chi connectivity index (χ2v) is 9.53. The average Bonchev–Trinajstić information content (AvgIpc) is 3.41. The van der Waals surface area contributed by atoms with Crippen molar-refractivity contribution in [3.8, 4) is 0 Å². The molecule has 33 heavy (non-hydrogen) atoms. The first kappa shape index (κ1) is 22.9.